The molecule has 0 spiro atoms. The highest BCUT2D eigenvalue weighted by Crippen LogP contribution is 2.32. The molecule has 2 rings (SSSR count). The van der Waals surface area contributed by atoms with E-state index in [2.05, 4.69) is 22.4 Å². The van der Waals surface area contributed by atoms with Crippen LogP contribution in [0.3, 0.4) is 0 Å². The lowest BCUT2D eigenvalue weighted by molar-refractivity contribution is -0.120. The number of hydrogen-bond donors (Lipinski definition) is 1. The molecule has 1 saturated heterocycles. The van der Waals surface area contributed by atoms with Crippen molar-refractivity contribution in [3.8, 4) is 0 Å². The van der Waals surface area contributed by atoms with E-state index in [0.717, 1.165) is 19.4 Å². The van der Waals surface area contributed by atoms with E-state index in [1.807, 2.05) is 24.4 Å². The van der Waals surface area contributed by atoms with Crippen LogP contribution < -0.4 is 5.32 Å². The Morgan fingerprint density at radius 1 is 1.29 bits per heavy atom. The number of hydrogen-bond acceptors (Lipinski definition) is 2. The van der Waals surface area contributed by atoms with Crippen molar-refractivity contribution < 1.29 is 4.79 Å². The fourth-order valence-electron chi connectivity index (χ4n) is 2.48. The maximum Gasteiger partial charge on any atom is 0.220 e. The summed E-state index contributed by atoms with van der Waals surface area (Å²) in [5.41, 5.74) is 1.16. The zero-order valence-electron chi connectivity index (χ0n) is 10.1. The molecule has 0 radical (unpaired) electrons. The number of carbonyl (C=O) groups is 1. The molecule has 3 heteroatoms. The topological polar surface area (TPSA) is 41.5 Å². The second kappa shape index (κ2) is 5.13. The fraction of sp³-hybridized carbons (Fsp3) is 0.429. The van der Waals surface area contributed by atoms with Gasteiger partial charge in [-0.1, -0.05) is 30.3 Å². The molecule has 1 aliphatic rings. The van der Waals surface area contributed by atoms with Crippen LogP contribution in [0.5, 0.6) is 0 Å². The first-order valence-electron chi connectivity index (χ1n) is 6.02. The quantitative estimate of drug-likeness (QED) is 0.775. The second-order valence-corrected chi connectivity index (χ2v) is 4.51. The Morgan fingerprint density at radius 3 is 2.76 bits per heavy atom. The zero-order chi connectivity index (χ0) is 12.1. The first kappa shape index (κ1) is 11.8. The molecule has 1 unspecified atom stereocenters. The van der Waals surface area contributed by atoms with Crippen LogP contribution >= 0.6 is 0 Å². The maximum atomic E-state index is 11.5. The average Bonchev–Trinajstić information content (AvgIpc) is 2.55. The zero-order valence-corrected chi connectivity index (χ0v) is 10.1. The number of benzene rings is 1. The van der Waals surface area contributed by atoms with Crippen LogP contribution in [0.2, 0.25) is 0 Å². The number of nitrogens with one attached hydrogen (secondary N) is 1. The Hall–Kier alpha value is -1.64. The number of rotatable bonds is 2. The molecule has 90 valence electrons. The Kier molecular flexibility index (Phi) is 3.57. The van der Waals surface area contributed by atoms with Crippen molar-refractivity contribution in [1.29, 1.82) is 0 Å². The molecule has 1 amide bonds. The van der Waals surface area contributed by atoms with Crippen molar-refractivity contribution in [2.45, 2.75) is 24.7 Å². The van der Waals surface area contributed by atoms with Gasteiger partial charge in [-0.15, -0.1) is 0 Å². The van der Waals surface area contributed by atoms with E-state index < -0.39 is 0 Å². The van der Waals surface area contributed by atoms with E-state index in [1.165, 1.54) is 5.56 Å². The summed E-state index contributed by atoms with van der Waals surface area (Å²) < 4.78 is 0. The molecular formula is C14H18N2O. The minimum Gasteiger partial charge on any atom is -0.356 e. The third-order valence-electron chi connectivity index (χ3n) is 3.42. The number of carbonyl (C=O) groups excluding carboxylic acids is 1. The summed E-state index contributed by atoms with van der Waals surface area (Å²) in [5.74, 6) is 0.146. The van der Waals surface area contributed by atoms with E-state index in [9.17, 15) is 4.79 Å². The standard InChI is InChI=1S/C14H18N2O/c1-15-11-14(12-5-3-2-4-6-12)8-7-13(17)16-10-9-14/h2-6,11H,7-10H2,1H3,(H,16,17). The van der Waals surface area contributed by atoms with Gasteiger partial charge in [-0.25, -0.2) is 0 Å². The SMILES string of the molecule is CN=CC1(c2ccccc2)CCNC(=O)CC1. The van der Waals surface area contributed by atoms with Crippen molar-refractivity contribution in [1.82, 2.24) is 5.32 Å². The lowest BCUT2D eigenvalue weighted by atomic mass is 9.75. The van der Waals surface area contributed by atoms with Gasteiger partial charge in [-0.2, -0.15) is 0 Å². The fourth-order valence-corrected chi connectivity index (χ4v) is 2.48. The predicted molar refractivity (Wildman–Crippen MR) is 69.4 cm³/mol. The molecule has 0 saturated carbocycles. The van der Waals surface area contributed by atoms with E-state index in [1.54, 1.807) is 7.05 Å². The first-order chi connectivity index (χ1) is 8.27. The van der Waals surface area contributed by atoms with Crippen LogP contribution in [0.1, 0.15) is 24.8 Å². The van der Waals surface area contributed by atoms with Gasteiger partial charge in [0.25, 0.3) is 0 Å². The lowest BCUT2D eigenvalue weighted by Gasteiger charge is -2.28. The summed E-state index contributed by atoms with van der Waals surface area (Å²) >= 11 is 0. The molecule has 0 bridgehead atoms. The summed E-state index contributed by atoms with van der Waals surface area (Å²) in [7, 11) is 1.80. The highest BCUT2D eigenvalue weighted by molar-refractivity contribution is 5.80. The molecule has 1 fully saturated rings. The normalized spacial score (nSPS) is 25.6. The van der Waals surface area contributed by atoms with Crippen molar-refractivity contribution in [2.75, 3.05) is 13.6 Å². The number of amides is 1. The minimum absolute atomic E-state index is 0.0881. The minimum atomic E-state index is -0.0881. The third kappa shape index (κ3) is 2.54. The number of nitrogens with zero attached hydrogens (tertiary/aromatic N) is 1. The molecule has 1 atom stereocenters. The summed E-state index contributed by atoms with van der Waals surface area (Å²) in [5, 5.41) is 2.93. The van der Waals surface area contributed by atoms with E-state index in [-0.39, 0.29) is 11.3 Å². The third-order valence-corrected chi connectivity index (χ3v) is 3.42. The summed E-state index contributed by atoms with van der Waals surface area (Å²) in [6.07, 6.45) is 4.32. The van der Waals surface area contributed by atoms with Crippen molar-refractivity contribution in [2.24, 2.45) is 4.99 Å². The van der Waals surface area contributed by atoms with Crippen molar-refractivity contribution in [3.05, 3.63) is 35.9 Å². The Morgan fingerprint density at radius 2 is 2.06 bits per heavy atom. The molecule has 1 heterocycles. The van der Waals surface area contributed by atoms with Gasteiger partial charge in [0, 0.05) is 31.6 Å². The van der Waals surface area contributed by atoms with Gasteiger partial charge in [-0.3, -0.25) is 9.79 Å². The predicted octanol–water partition coefficient (Wildman–Crippen LogP) is 1.93. The molecule has 0 aromatic heterocycles. The Labute approximate surface area is 102 Å². The maximum absolute atomic E-state index is 11.5. The van der Waals surface area contributed by atoms with Crippen LogP contribution in [0, 0.1) is 0 Å². The molecule has 1 N–H and O–H groups in total. The van der Waals surface area contributed by atoms with Crippen LogP contribution in [0.4, 0.5) is 0 Å². The summed E-state index contributed by atoms with van der Waals surface area (Å²) in [6.45, 7) is 0.722. The van der Waals surface area contributed by atoms with Gasteiger partial charge in [0.1, 0.15) is 0 Å². The van der Waals surface area contributed by atoms with Crippen LogP contribution in [0.15, 0.2) is 35.3 Å². The van der Waals surface area contributed by atoms with Crippen LogP contribution in [-0.2, 0) is 10.2 Å². The highest BCUT2D eigenvalue weighted by atomic mass is 16.1. The van der Waals surface area contributed by atoms with Gasteiger partial charge < -0.3 is 5.32 Å². The summed E-state index contributed by atoms with van der Waals surface area (Å²) in [6, 6.07) is 10.3. The monoisotopic (exact) mass is 230 g/mol. The Balaban J connectivity index is 2.35. The van der Waals surface area contributed by atoms with Gasteiger partial charge in [0.05, 0.1) is 0 Å². The molecule has 3 nitrogen and oxygen atoms in total. The smallest absolute Gasteiger partial charge is 0.220 e. The van der Waals surface area contributed by atoms with E-state index >= 15 is 0 Å². The van der Waals surface area contributed by atoms with Crippen molar-refractivity contribution >= 4 is 12.1 Å². The largest absolute Gasteiger partial charge is 0.356 e. The lowest BCUT2D eigenvalue weighted by Crippen LogP contribution is -2.29. The van der Waals surface area contributed by atoms with Gasteiger partial charge in [0.15, 0.2) is 0 Å². The first-order valence-corrected chi connectivity index (χ1v) is 6.02. The second-order valence-electron chi connectivity index (χ2n) is 4.51. The van der Waals surface area contributed by atoms with Gasteiger partial charge in [-0.05, 0) is 18.4 Å². The van der Waals surface area contributed by atoms with Gasteiger partial charge >= 0.3 is 0 Å². The van der Waals surface area contributed by atoms with Gasteiger partial charge in [0.2, 0.25) is 5.91 Å². The summed E-state index contributed by atoms with van der Waals surface area (Å²) in [4.78, 5) is 15.7. The molecular weight excluding hydrogens is 212 g/mol. The highest BCUT2D eigenvalue weighted by Gasteiger charge is 2.32. The van der Waals surface area contributed by atoms with E-state index in [0.29, 0.717) is 6.42 Å². The van der Waals surface area contributed by atoms with E-state index in [4.69, 9.17) is 0 Å². The van der Waals surface area contributed by atoms with Crippen molar-refractivity contribution in [3.63, 3.8) is 0 Å². The molecule has 0 aliphatic carbocycles. The molecule has 1 aromatic rings. The molecule has 1 aliphatic heterocycles. The Bertz CT molecular complexity index is 413. The average molecular weight is 230 g/mol. The van der Waals surface area contributed by atoms with Crippen LogP contribution in [0.25, 0.3) is 0 Å². The number of aliphatic imine (C=N–C) groups is 1. The molecule has 17 heavy (non-hydrogen) atoms. The molecule has 1 aromatic carbocycles. The van der Waals surface area contributed by atoms with Crippen LogP contribution in [-0.4, -0.2) is 25.7 Å².